The quantitative estimate of drug-likeness (QED) is 0.878. The third kappa shape index (κ3) is 2.96. The Morgan fingerprint density at radius 3 is 3.00 bits per heavy atom. The number of rotatable bonds is 5. The number of aryl methyl sites for hydroxylation is 2. The maximum atomic E-state index is 12.0. The Labute approximate surface area is 116 Å². The van der Waals surface area contributed by atoms with Crippen molar-refractivity contribution in [1.29, 1.82) is 0 Å². The Hall–Kier alpha value is -1.40. The molecule has 0 spiro atoms. The molecule has 0 aliphatic carbocycles. The third-order valence-electron chi connectivity index (χ3n) is 3.15. The number of aliphatic hydroxyl groups is 1. The van der Waals surface area contributed by atoms with Gasteiger partial charge in [0.05, 0.1) is 16.7 Å². The number of amides is 1. The highest BCUT2D eigenvalue weighted by molar-refractivity contribution is 7.20. The Balaban J connectivity index is 2.03. The van der Waals surface area contributed by atoms with Gasteiger partial charge in [0.25, 0.3) is 5.91 Å². The van der Waals surface area contributed by atoms with Gasteiger partial charge >= 0.3 is 0 Å². The van der Waals surface area contributed by atoms with Crippen LogP contribution in [0.3, 0.4) is 0 Å². The second-order valence-corrected chi connectivity index (χ2v) is 5.68. The molecule has 0 aromatic carbocycles. The molecule has 2 aromatic heterocycles. The fourth-order valence-corrected chi connectivity index (χ4v) is 3.00. The van der Waals surface area contributed by atoms with E-state index in [9.17, 15) is 9.90 Å². The van der Waals surface area contributed by atoms with Gasteiger partial charge in [0.15, 0.2) is 0 Å². The number of aromatic nitrogens is 2. The van der Waals surface area contributed by atoms with Crippen LogP contribution in [0.25, 0.3) is 10.2 Å². The summed E-state index contributed by atoms with van der Waals surface area (Å²) in [5, 5.41) is 17.6. The Morgan fingerprint density at radius 1 is 1.63 bits per heavy atom. The molecule has 5 nitrogen and oxygen atoms in total. The van der Waals surface area contributed by atoms with Gasteiger partial charge in [-0.1, -0.05) is 6.92 Å². The highest BCUT2D eigenvalue weighted by Crippen LogP contribution is 2.27. The number of nitrogens with one attached hydrogen (secondary N) is 1. The van der Waals surface area contributed by atoms with E-state index < -0.39 is 0 Å². The van der Waals surface area contributed by atoms with Gasteiger partial charge in [0, 0.05) is 19.0 Å². The zero-order chi connectivity index (χ0) is 14.0. The van der Waals surface area contributed by atoms with Gasteiger partial charge in [0.2, 0.25) is 0 Å². The fraction of sp³-hybridized carbons (Fsp3) is 0.538. The van der Waals surface area contributed by atoms with Crippen LogP contribution in [0, 0.1) is 6.92 Å². The normalized spacial score (nSPS) is 12.8. The van der Waals surface area contributed by atoms with Gasteiger partial charge in [0.1, 0.15) is 4.83 Å². The zero-order valence-corrected chi connectivity index (χ0v) is 12.3. The SMILES string of the molecule is CCC(O)CCNC(=O)c1cc2c(C)nn(C)c2s1. The fourth-order valence-electron chi connectivity index (χ4n) is 1.96. The molecule has 0 radical (unpaired) electrons. The van der Waals surface area contributed by atoms with Gasteiger partial charge in [-0.25, -0.2) is 0 Å². The molecule has 1 amide bonds. The van der Waals surface area contributed by atoms with Gasteiger partial charge in [-0.3, -0.25) is 9.48 Å². The van der Waals surface area contributed by atoms with Crippen molar-refractivity contribution in [1.82, 2.24) is 15.1 Å². The minimum atomic E-state index is -0.339. The third-order valence-corrected chi connectivity index (χ3v) is 4.35. The molecule has 2 rings (SSSR count). The largest absolute Gasteiger partial charge is 0.393 e. The monoisotopic (exact) mass is 281 g/mol. The summed E-state index contributed by atoms with van der Waals surface area (Å²) < 4.78 is 1.80. The molecule has 6 heteroatoms. The lowest BCUT2D eigenvalue weighted by Crippen LogP contribution is -2.26. The molecule has 19 heavy (non-hydrogen) atoms. The van der Waals surface area contributed by atoms with Gasteiger partial charge < -0.3 is 10.4 Å². The molecule has 1 atom stereocenters. The smallest absolute Gasteiger partial charge is 0.261 e. The van der Waals surface area contributed by atoms with Crippen LogP contribution in [-0.4, -0.2) is 33.4 Å². The number of carbonyl (C=O) groups is 1. The second kappa shape index (κ2) is 5.71. The Kier molecular flexibility index (Phi) is 4.21. The van der Waals surface area contributed by atoms with Crippen LogP contribution in [0.1, 0.15) is 35.1 Å². The lowest BCUT2D eigenvalue weighted by atomic mass is 10.2. The number of thiophene rings is 1. The van der Waals surface area contributed by atoms with Crippen molar-refractivity contribution in [3.63, 3.8) is 0 Å². The van der Waals surface area contributed by atoms with Crippen LogP contribution in [-0.2, 0) is 7.05 Å². The maximum absolute atomic E-state index is 12.0. The van der Waals surface area contributed by atoms with Crippen molar-refractivity contribution in [2.24, 2.45) is 7.05 Å². The van der Waals surface area contributed by atoms with Crippen LogP contribution in [0.2, 0.25) is 0 Å². The highest BCUT2D eigenvalue weighted by Gasteiger charge is 2.14. The van der Waals surface area contributed by atoms with E-state index in [0.717, 1.165) is 15.9 Å². The molecule has 0 aliphatic rings. The van der Waals surface area contributed by atoms with Gasteiger partial charge in [-0.05, 0) is 25.8 Å². The van der Waals surface area contributed by atoms with E-state index in [1.54, 1.807) is 4.68 Å². The molecule has 0 saturated carbocycles. The molecular weight excluding hydrogens is 262 g/mol. The molecule has 2 heterocycles. The number of hydrogen-bond acceptors (Lipinski definition) is 4. The van der Waals surface area contributed by atoms with Crippen LogP contribution >= 0.6 is 11.3 Å². The molecule has 0 saturated heterocycles. The maximum Gasteiger partial charge on any atom is 0.261 e. The number of nitrogens with zero attached hydrogens (tertiary/aromatic N) is 2. The molecule has 104 valence electrons. The first-order chi connectivity index (χ1) is 9.02. The predicted molar refractivity (Wildman–Crippen MR) is 76.6 cm³/mol. The average Bonchev–Trinajstić information content (AvgIpc) is 2.92. The Morgan fingerprint density at radius 2 is 2.37 bits per heavy atom. The number of aliphatic hydroxyl groups excluding tert-OH is 1. The molecule has 0 bridgehead atoms. The minimum absolute atomic E-state index is 0.0797. The van der Waals surface area contributed by atoms with Gasteiger partial charge in [-0.2, -0.15) is 5.10 Å². The first-order valence-electron chi connectivity index (χ1n) is 6.42. The van der Waals surface area contributed by atoms with Crippen LogP contribution < -0.4 is 5.32 Å². The van der Waals surface area contributed by atoms with Crippen molar-refractivity contribution in [3.05, 3.63) is 16.6 Å². The molecule has 2 N–H and O–H groups in total. The summed E-state index contributed by atoms with van der Waals surface area (Å²) in [6, 6.07) is 1.88. The summed E-state index contributed by atoms with van der Waals surface area (Å²) in [6.45, 7) is 4.36. The minimum Gasteiger partial charge on any atom is -0.393 e. The van der Waals surface area contributed by atoms with Crippen molar-refractivity contribution >= 4 is 27.5 Å². The van der Waals surface area contributed by atoms with Crippen molar-refractivity contribution in [2.45, 2.75) is 32.8 Å². The topological polar surface area (TPSA) is 67.2 Å². The van der Waals surface area contributed by atoms with E-state index in [4.69, 9.17) is 0 Å². The molecule has 0 fully saturated rings. The Bertz CT molecular complexity index is 553. The van der Waals surface area contributed by atoms with Gasteiger partial charge in [-0.15, -0.1) is 11.3 Å². The molecule has 0 aliphatic heterocycles. The van der Waals surface area contributed by atoms with E-state index in [-0.39, 0.29) is 12.0 Å². The standard InChI is InChI=1S/C13H19N3O2S/c1-4-9(17)5-6-14-12(18)11-7-10-8(2)15-16(3)13(10)19-11/h7,9,17H,4-6H2,1-3H3,(H,14,18). The van der Waals surface area contributed by atoms with E-state index in [2.05, 4.69) is 10.4 Å². The average molecular weight is 281 g/mol. The van der Waals surface area contributed by atoms with E-state index in [1.165, 1.54) is 11.3 Å². The van der Waals surface area contributed by atoms with Crippen molar-refractivity contribution < 1.29 is 9.90 Å². The first kappa shape index (κ1) is 14.0. The predicted octanol–water partition coefficient (Wildman–Crippen LogP) is 1.83. The van der Waals surface area contributed by atoms with Crippen molar-refractivity contribution in [2.75, 3.05) is 6.54 Å². The van der Waals surface area contributed by atoms with E-state index in [0.29, 0.717) is 24.3 Å². The number of hydrogen-bond donors (Lipinski definition) is 2. The van der Waals surface area contributed by atoms with Crippen LogP contribution in [0.4, 0.5) is 0 Å². The summed E-state index contributed by atoms with van der Waals surface area (Å²) >= 11 is 1.44. The summed E-state index contributed by atoms with van der Waals surface area (Å²) in [4.78, 5) is 13.7. The lowest BCUT2D eigenvalue weighted by Gasteiger charge is -2.07. The summed E-state index contributed by atoms with van der Waals surface area (Å²) in [7, 11) is 1.88. The lowest BCUT2D eigenvalue weighted by molar-refractivity contribution is 0.0946. The number of fused-ring (bicyclic) bond motifs is 1. The van der Waals surface area contributed by atoms with E-state index >= 15 is 0 Å². The van der Waals surface area contributed by atoms with Crippen LogP contribution in [0.15, 0.2) is 6.07 Å². The zero-order valence-electron chi connectivity index (χ0n) is 11.4. The summed E-state index contributed by atoms with van der Waals surface area (Å²) in [5.74, 6) is -0.0797. The first-order valence-corrected chi connectivity index (χ1v) is 7.24. The molecular formula is C13H19N3O2S. The summed E-state index contributed by atoms with van der Waals surface area (Å²) in [6.07, 6.45) is 0.964. The van der Waals surface area contributed by atoms with E-state index in [1.807, 2.05) is 27.0 Å². The van der Waals surface area contributed by atoms with Crippen LogP contribution in [0.5, 0.6) is 0 Å². The second-order valence-electron chi connectivity index (χ2n) is 4.65. The summed E-state index contributed by atoms with van der Waals surface area (Å²) in [5.41, 5.74) is 0.939. The molecule has 2 aromatic rings. The highest BCUT2D eigenvalue weighted by atomic mass is 32.1. The van der Waals surface area contributed by atoms with Crippen molar-refractivity contribution in [3.8, 4) is 0 Å². The molecule has 1 unspecified atom stereocenters. The number of carbonyl (C=O) groups excluding carboxylic acids is 1.